The Labute approximate surface area is 215 Å². The Morgan fingerprint density at radius 1 is 1.03 bits per heavy atom. The molecule has 2 N–H and O–H groups in total. The van der Waals surface area contributed by atoms with Gasteiger partial charge in [0.15, 0.2) is 17.2 Å². The minimum absolute atomic E-state index is 0. The summed E-state index contributed by atoms with van der Waals surface area (Å²) in [5, 5.41) is 13.9. The number of nitrogens with zero attached hydrogens (tertiary/aromatic N) is 2. The molecule has 0 atom stereocenters. The predicted molar refractivity (Wildman–Crippen MR) is 144 cm³/mol. The summed E-state index contributed by atoms with van der Waals surface area (Å²) in [4.78, 5) is 40.3. The van der Waals surface area contributed by atoms with Crippen LogP contribution in [0.25, 0.3) is 21.8 Å². The predicted octanol–water partition coefficient (Wildman–Crippen LogP) is 4.05. The fraction of sp³-hybridized carbons (Fsp3) is 0.345. The van der Waals surface area contributed by atoms with E-state index in [0.717, 1.165) is 5.39 Å². The van der Waals surface area contributed by atoms with E-state index in [1.165, 1.54) is 11.7 Å². The maximum atomic E-state index is 13.9. The Kier molecular flexibility index (Phi) is 7.50. The highest BCUT2D eigenvalue weighted by molar-refractivity contribution is 6.12. The van der Waals surface area contributed by atoms with Gasteiger partial charge < -0.3 is 19.7 Å². The Balaban J connectivity index is 0.00000320. The van der Waals surface area contributed by atoms with Crippen molar-refractivity contribution in [1.82, 2.24) is 14.5 Å². The van der Waals surface area contributed by atoms with Gasteiger partial charge in [-0.15, -0.1) is 0 Å². The van der Waals surface area contributed by atoms with Crippen LogP contribution in [0.5, 0.6) is 5.75 Å². The van der Waals surface area contributed by atoms with Crippen LogP contribution in [0.4, 0.5) is 0 Å². The monoisotopic (exact) mass is 503 g/mol. The lowest BCUT2D eigenvalue weighted by molar-refractivity contribution is 0.0857. The first kappa shape index (κ1) is 26.2. The molecule has 2 aromatic heterocycles. The van der Waals surface area contributed by atoms with Gasteiger partial charge in [-0.3, -0.25) is 19.0 Å². The number of ether oxygens (including phenoxy) is 1. The molecule has 0 unspecified atom stereocenters. The van der Waals surface area contributed by atoms with E-state index in [-0.39, 0.29) is 60.2 Å². The van der Waals surface area contributed by atoms with Crippen LogP contribution in [0.1, 0.15) is 54.0 Å². The summed E-state index contributed by atoms with van der Waals surface area (Å²) in [5.74, 6) is -0.325. The Bertz CT molecular complexity index is 1510. The fourth-order valence-corrected chi connectivity index (χ4v) is 5.27. The summed E-state index contributed by atoms with van der Waals surface area (Å²) in [5.41, 5.74) is 1.58. The summed E-state index contributed by atoms with van der Waals surface area (Å²) >= 11 is 0. The average Bonchev–Trinajstić information content (AvgIpc) is 3.20. The van der Waals surface area contributed by atoms with E-state index >= 15 is 0 Å². The van der Waals surface area contributed by atoms with E-state index in [4.69, 9.17) is 4.74 Å². The second kappa shape index (κ2) is 10.6. The number of amides is 1. The highest BCUT2D eigenvalue weighted by Gasteiger charge is 2.29. The molecule has 0 aliphatic heterocycles. The van der Waals surface area contributed by atoms with E-state index in [1.54, 1.807) is 41.9 Å². The summed E-state index contributed by atoms with van der Waals surface area (Å²) < 4.78 is 8.82. The van der Waals surface area contributed by atoms with Gasteiger partial charge in [0, 0.05) is 24.0 Å². The second-order valence-corrected chi connectivity index (χ2v) is 9.34. The van der Waals surface area contributed by atoms with Gasteiger partial charge in [0.25, 0.3) is 11.5 Å². The number of methoxy groups -OCH3 is 1. The third-order valence-electron chi connectivity index (χ3n) is 7.11. The van der Waals surface area contributed by atoms with E-state index in [0.29, 0.717) is 42.3 Å². The Morgan fingerprint density at radius 2 is 1.68 bits per heavy atom. The van der Waals surface area contributed by atoms with Crippen molar-refractivity contribution in [2.75, 3.05) is 7.11 Å². The second-order valence-electron chi connectivity index (χ2n) is 9.34. The largest absolute Gasteiger partial charge is 0.493 e. The first-order valence-electron chi connectivity index (χ1n) is 12.2. The molecule has 0 bridgehead atoms. The Hall–Kier alpha value is -3.91. The number of hydrogen-bond acceptors (Lipinski definition) is 5. The minimum Gasteiger partial charge on any atom is -0.493 e. The topological polar surface area (TPSA) is 103 Å². The van der Waals surface area contributed by atoms with Crippen LogP contribution in [0, 0.1) is 0 Å². The molecule has 1 aliphatic rings. The molecule has 1 fully saturated rings. The molecule has 8 nitrogen and oxygen atoms in total. The molecule has 2 aromatic carbocycles. The zero-order valence-corrected chi connectivity index (χ0v) is 20.4. The molecule has 1 aliphatic carbocycles. The van der Waals surface area contributed by atoms with Crippen molar-refractivity contribution >= 4 is 33.5 Å². The summed E-state index contributed by atoms with van der Waals surface area (Å²) in [6, 6.07) is 16.2. The normalized spacial score (nSPS) is 17.4. The zero-order valence-electron chi connectivity index (χ0n) is 20.4. The van der Waals surface area contributed by atoms with Crippen molar-refractivity contribution < 1.29 is 19.4 Å². The molecule has 0 saturated heterocycles. The molecule has 194 valence electrons. The molecule has 1 saturated carbocycles. The lowest BCUT2D eigenvalue weighted by Gasteiger charge is -2.26. The average molecular weight is 504 g/mol. The third kappa shape index (κ3) is 4.64. The van der Waals surface area contributed by atoms with Gasteiger partial charge in [-0.05, 0) is 31.7 Å². The summed E-state index contributed by atoms with van der Waals surface area (Å²) in [6.45, 7) is -0.136. The standard InChI is InChI=1S/C28H29N3O5.CH4/c1-30-24-20-10-6-7-11-21(20)31(16-22(33)17-8-4-3-5-9-17)28(35)23(24)26(36-2)25(30)27(34)29-18-12-14-19(32)15-13-18;/h3-11,18-19,32H,12-16H2,1-2H3,(H,29,34);1H4. The van der Waals surface area contributed by atoms with E-state index < -0.39 is 0 Å². The number of benzene rings is 2. The number of hydrogen-bond donors (Lipinski definition) is 2. The number of aromatic nitrogens is 2. The van der Waals surface area contributed by atoms with Gasteiger partial charge in [0.2, 0.25) is 0 Å². The first-order chi connectivity index (χ1) is 17.4. The number of rotatable bonds is 6. The first-order valence-corrected chi connectivity index (χ1v) is 12.2. The fourth-order valence-electron chi connectivity index (χ4n) is 5.27. The summed E-state index contributed by atoms with van der Waals surface area (Å²) in [7, 11) is 3.19. The molecule has 37 heavy (non-hydrogen) atoms. The minimum atomic E-state index is -0.389. The van der Waals surface area contributed by atoms with Crippen LogP contribution >= 0.6 is 0 Å². The number of para-hydroxylation sites is 1. The van der Waals surface area contributed by atoms with Gasteiger partial charge >= 0.3 is 0 Å². The number of carbonyl (C=O) groups is 2. The molecular formula is C29H33N3O5. The number of ketones is 1. The smallest absolute Gasteiger partial charge is 0.272 e. The van der Waals surface area contributed by atoms with Crippen molar-refractivity contribution in [2.24, 2.45) is 7.05 Å². The number of aryl methyl sites for hydroxylation is 1. The van der Waals surface area contributed by atoms with Crippen molar-refractivity contribution in [2.45, 2.75) is 51.8 Å². The molecule has 5 rings (SSSR count). The highest BCUT2D eigenvalue weighted by atomic mass is 16.5. The number of Topliss-reactive ketones (excluding diaryl/α,β-unsaturated/α-hetero) is 1. The molecule has 8 heteroatoms. The molecule has 0 spiro atoms. The maximum Gasteiger partial charge on any atom is 0.272 e. The van der Waals surface area contributed by atoms with Gasteiger partial charge in [0.05, 0.1) is 30.8 Å². The van der Waals surface area contributed by atoms with Crippen LogP contribution in [0.15, 0.2) is 59.4 Å². The van der Waals surface area contributed by atoms with Gasteiger partial charge in [0.1, 0.15) is 5.39 Å². The molecular weight excluding hydrogens is 470 g/mol. The lowest BCUT2D eigenvalue weighted by Crippen LogP contribution is -2.39. The maximum absolute atomic E-state index is 13.9. The molecule has 0 radical (unpaired) electrons. The van der Waals surface area contributed by atoms with E-state index in [2.05, 4.69) is 5.32 Å². The van der Waals surface area contributed by atoms with Gasteiger partial charge in [-0.1, -0.05) is 56.0 Å². The van der Waals surface area contributed by atoms with E-state index in [9.17, 15) is 19.5 Å². The highest BCUT2D eigenvalue weighted by Crippen LogP contribution is 2.35. The van der Waals surface area contributed by atoms with Crippen molar-refractivity contribution in [1.29, 1.82) is 0 Å². The molecule has 2 heterocycles. The Morgan fingerprint density at radius 3 is 2.35 bits per heavy atom. The third-order valence-corrected chi connectivity index (χ3v) is 7.11. The van der Waals surface area contributed by atoms with Gasteiger partial charge in [-0.25, -0.2) is 0 Å². The number of nitrogens with one attached hydrogen (secondary N) is 1. The molecule has 4 aromatic rings. The lowest BCUT2D eigenvalue weighted by atomic mass is 9.93. The van der Waals surface area contributed by atoms with Gasteiger partial charge in [-0.2, -0.15) is 0 Å². The zero-order chi connectivity index (χ0) is 25.4. The quantitative estimate of drug-likeness (QED) is 0.387. The van der Waals surface area contributed by atoms with E-state index in [1.807, 2.05) is 24.3 Å². The van der Waals surface area contributed by atoms with Crippen LogP contribution in [0.3, 0.4) is 0 Å². The van der Waals surface area contributed by atoms with Crippen molar-refractivity contribution in [3.8, 4) is 5.75 Å². The van der Waals surface area contributed by atoms with Crippen molar-refractivity contribution in [3.63, 3.8) is 0 Å². The van der Waals surface area contributed by atoms with Crippen LogP contribution in [-0.4, -0.2) is 45.2 Å². The van der Waals surface area contributed by atoms with Crippen LogP contribution in [0.2, 0.25) is 0 Å². The number of aliphatic hydroxyl groups is 1. The number of carbonyl (C=O) groups excluding carboxylic acids is 2. The summed E-state index contributed by atoms with van der Waals surface area (Å²) in [6.07, 6.45) is 2.34. The number of aliphatic hydroxyl groups excluding tert-OH is 1. The van der Waals surface area contributed by atoms with Crippen LogP contribution < -0.4 is 15.6 Å². The molecule has 1 amide bonds. The van der Waals surface area contributed by atoms with Crippen LogP contribution in [-0.2, 0) is 13.6 Å². The number of pyridine rings is 1. The van der Waals surface area contributed by atoms with Crippen molar-refractivity contribution in [3.05, 3.63) is 76.2 Å². The SMILES string of the molecule is C.COc1c(C(=O)NC2CCC(O)CC2)n(C)c2c1c(=O)n(CC(=O)c1ccccc1)c1ccccc21. The number of fused-ring (bicyclic) bond motifs is 3.